The first-order valence-electron chi connectivity index (χ1n) is 7.33. The van der Waals surface area contributed by atoms with Crippen molar-refractivity contribution in [3.05, 3.63) is 0 Å². The van der Waals surface area contributed by atoms with Crippen molar-refractivity contribution < 1.29 is 4.79 Å². The number of nitrogens with one attached hydrogen (secondary N) is 1. The third-order valence-corrected chi connectivity index (χ3v) is 3.68. The minimum Gasteiger partial charge on any atom is -0.356 e. The van der Waals surface area contributed by atoms with Gasteiger partial charge in [-0.25, -0.2) is 0 Å². The smallest absolute Gasteiger partial charge is 0.222 e. The number of nitrogens with zero attached hydrogens (tertiary/aromatic N) is 1. The first kappa shape index (κ1) is 15.4. The molecule has 1 heterocycles. The topological polar surface area (TPSA) is 58.4 Å². The Kier molecular flexibility index (Phi) is 7.28. The quantitative estimate of drug-likeness (QED) is 0.685. The van der Waals surface area contributed by atoms with Gasteiger partial charge in [0.15, 0.2) is 0 Å². The standard InChI is InChI=1S/C14H29N3O/c1-12(11-17-8-3-4-9-17)10-16-14(18)13(2)6-5-7-15/h12-13H,3-11,15H2,1-2H3,(H,16,18). The number of likely N-dealkylation sites (tertiary alicyclic amines) is 1. The lowest BCUT2D eigenvalue weighted by Crippen LogP contribution is -2.36. The second-order valence-electron chi connectivity index (χ2n) is 5.69. The minimum atomic E-state index is 0.0903. The van der Waals surface area contributed by atoms with E-state index in [-0.39, 0.29) is 11.8 Å². The summed E-state index contributed by atoms with van der Waals surface area (Å²) >= 11 is 0. The van der Waals surface area contributed by atoms with Crippen molar-refractivity contribution in [2.24, 2.45) is 17.6 Å². The van der Waals surface area contributed by atoms with Gasteiger partial charge in [-0.1, -0.05) is 13.8 Å². The van der Waals surface area contributed by atoms with Gasteiger partial charge in [0.05, 0.1) is 0 Å². The largest absolute Gasteiger partial charge is 0.356 e. The van der Waals surface area contributed by atoms with E-state index in [2.05, 4.69) is 17.1 Å². The van der Waals surface area contributed by atoms with Crippen molar-refractivity contribution in [2.45, 2.75) is 39.5 Å². The summed E-state index contributed by atoms with van der Waals surface area (Å²) in [6, 6.07) is 0. The SMILES string of the molecule is CC(CNC(=O)C(C)CCCN)CN1CCCC1. The maximum Gasteiger partial charge on any atom is 0.222 e. The second-order valence-corrected chi connectivity index (χ2v) is 5.69. The van der Waals surface area contributed by atoms with E-state index in [1.807, 2.05) is 6.92 Å². The molecule has 3 N–H and O–H groups in total. The van der Waals surface area contributed by atoms with E-state index in [1.54, 1.807) is 0 Å². The normalized spacial score (nSPS) is 19.7. The number of carbonyl (C=O) groups is 1. The van der Waals surface area contributed by atoms with Crippen LogP contribution in [0.5, 0.6) is 0 Å². The molecule has 18 heavy (non-hydrogen) atoms. The van der Waals surface area contributed by atoms with E-state index in [0.717, 1.165) is 25.9 Å². The van der Waals surface area contributed by atoms with Crippen LogP contribution in [0.3, 0.4) is 0 Å². The van der Waals surface area contributed by atoms with Gasteiger partial charge in [0.2, 0.25) is 5.91 Å². The van der Waals surface area contributed by atoms with E-state index in [1.165, 1.54) is 25.9 Å². The Labute approximate surface area is 111 Å². The predicted molar refractivity (Wildman–Crippen MR) is 75.3 cm³/mol. The van der Waals surface area contributed by atoms with Crippen molar-refractivity contribution in [1.82, 2.24) is 10.2 Å². The Morgan fingerprint density at radius 2 is 2.00 bits per heavy atom. The maximum absolute atomic E-state index is 11.8. The molecule has 106 valence electrons. The van der Waals surface area contributed by atoms with Crippen molar-refractivity contribution in [3.63, 3.8) is 0 Å². The van der Waals surface area contributed by atoms with Crippen molar-refractivity contribution in [2.75, 3.05) is 32.7 Å². The Hall–Kier alpha value is -0.610. The fourth-order valence-corrected chi connectivity index (χ4v) is 2.47. The lowest BCUT2D eigenvalue weighted by molar-refractivity contribution is -0.124. The summed E-state index contributed by atoms with van der Waals surface area (Å²) in [6.07, 6.45) is 4.48. The molecule has 0 aromatic rings. The Morgan fingerprint density at radius 1 is 1.33 bits per heavy atom. The lowest BCUT2D eigenvalue weighted by Gasteiger charge is -2.21. The first-order valence-corrected chi connectivity index (χ1v) is 7.33. The molecule has 0 aromatic carbocycles. The first-order chi connectivity index (χ1) is 8.63. The van der Waals surface area contributed by atoms with Gasteiger partial charge in [-0.15, -0.1) is 0 Å². The molecular weight excluding hydrogens is 226 g/mol. The molecule has 2 unspecified atom stereocenters. The van der Waals surface area contributed by atoms with Crippen LogP contribution in [0.1, 0.15) is 39.5 Å². The molecule has 1 aliphatic rings. The van der Waals surface area contributed by atoms with Crippen molar-refractivity contribution >= 4 is 5.91 Å². The summed E-state index contributed by atoms with van der Waals surface area (Å²) in [7, 11) is 0. The van der Waals surface area contributed by atoms with Crippen molar-refractivity contribution in [1.29, 1.82) is 0 Å². The highest BCUT2D eigenvalue weighted by Crippen LogP contribution is 2.10. The van der Waals surface area contributed by atoms with Crippen LogP contribution in [0.15, 0.2) is 0 Å². The molecule has 2 atom stereocenters. The van der Waals surface area contributed by atoms with Crippen LogP contribution in [-0.2, 0) is 4.79 Å². The summed E-state index contributed by atoms with van der Waals surface area (Å²) in [5.74, 6) is 0.804. The second kappa shape index (κ2) is 8.48. The molecule has 1 fully saturated rings. The minimum absolute atomic E-state index is 0.0903. The van der Waals surface area contributed by atoms with Gasteiger partial charge in [0, 0.05) is 19.0 Å². The van der Waals surface area contributed by atoms with Crippen LogP contribution < -0.4 is 11.1 Å². The molecule has 1 rings (SSSR count). The zero-order chi connectivity index (χ0) is 13.4. The molecule has 0 aliphatic carbocycles. The molecule has 0 aromatic heterocycles. The van der Waals surface area contributed by atoms with Gasteiger partial charge >= 0.3 is 0 Å². The molecule has 1 saturated heterocycles. The van der Waals surface area contributed by atoms with Crippen LogP contribution >= 0.6 is 0 Å². The molecule has 4 nitrogen and oxygen atoms in total. The zero-order valence-corrected chi connectivity index (χ0v) is 12.0. The molecule has 0 radical (unpaired) electrons. The fraction of sp³-hybridized carbons (Fsp3) is 0.929. The monoisotopic (exact) mass is 255 g/mol. The van der Waals surface area contributed by atoms with Gasteiger partial charge in [-0.3, -0.25) is 4.79 Å². The maximum atomic E-state index is 11.8. The van der Waals surface area contributed by atoms with Gasteiger partial charge < -0.3 is 16.0 Å². The molecule has 0 spiro atoms. The zero-order valence-electron chi connectivity index (χ0n) is 12.0. The number of nitrogens with two attached hydrogens (primary N) is 1. The van der Waals surface area contributed by atoms with Crippen molar-refractivity contribution in [3.8, 4) is 0 Å². The van der Waals surface area contributed by atoms with Crippen LogP contribution in [0.25, 0.3) is 0 Å². The van der Waals surface area contributed by atoms with Crippen LogP contribution in [0.4, 0.5) is 0 Å². The van der Waals surface area contributed by atoms with E-state index >= 15 is 0 Å². The van der Waals surface area contributed by atoms with Crippen LogP contribution in [0.2, 0.25) is 0 Å². The number of hydrogen-bond acceptors (Lipinski definition) is 3. The molecule has 0 saturated carbocycles. The van der Waals surface area contributed by atoms with E-state index in [4.69, 9.17) is 5.73 Å². The number of amides is 1. The lowest BCUT2D eigenvalue weighted by atomic mass is 10.0. The summed E-state index contributed by atoms with van der Waals surface area (Å²) in [5, 5.41) is 3.06. The summed E-state index contributed by atoms with van der Waals surface area (Å²) in [4.78, 5) is 14.3. The molecule has 1 aliphatic heterocycles. The Morgan fingerprint density at radius 3 is 2.61 bits per heavy atom. The van der Waals surface area contributed by atoms with E-state index < -0.39 is 0 Å². The highest BCUT2D eigenvalue weighted by Gasteiger charge is 2.16. The number of rotatable bonds is 8. The van der Waals surface area contributed by atoms with Crippen LogP contribution in [-0.4, -0.2) is 43.5 Å². The third kappa shape index (κ3) is 5.83. The van der Waals surface area contributed by atoms with Gasteiger partial charge in [0.25, 0.3) is 0 Å². The number of hydrogen-bond donors (Lipinski definition) is 2. The molecular formula is C14H29N3O. The summed E-state index contributed by atoms with van der Waals surface area (Å²) < 4.78 is 0. The van der Waals surface area contributed by atoms with Gasteiger partial charge in [-0.2, -0.15) is 0 Å². The van der Waals surface area contributed by atoms with Gasteiger partial charge in [-0.05, 0) is 51.2 Å². The fourth-order valence-electron chi connectivity index (χ4n) is 2.47. The Balaban J connectivity index is 2.12. The third-order valence-electron chi connectivity index (χ3n) is 3.68. The van der Waals surface area contributed by atoms with Crippen LogP contribution in [0, 0.1) is 11.8 Å². The van der Waals surface area contributed by atoms with E-state index in [9.17, 15) is 4.79 Å². The average molecular weight is 255 g/mol. The summed E-state index contributed by atoms with van der Waals surface area (Å²) in [5.41, 5.74) is 5.45. The van der Waals surface area contributed by atoms with E-state index in [0.29, 0.717) is 12.5 Å². The predicted octanol–water partition coefficient (Wildman–Crippen LogP) is 1.21. The summed E-state index contributed by atoms with van der Waals surface area (Å²) in [6.45, 7) is 9.22. The molecule has 4 heteroatoms. The average Bonchev–Trinajstić information content (AvgIpc) is 2.85. The number of carbonyl (C=O) groups excluding carboxylic acids is 1. The van der Waals surface area contributed by atoms with Gasteiger partial charge in [0.1, 0.15) is 0 Å². The molecule has 1 amide bonds. The Bertz CT molecular complexity index is 239. The highest BCUT2D eigenvalue weighted by atomic mass is 16.1. The highest BCUT2D eigenvalue weighted by molar-refractivity contribution is 5.78. The molecule has 0 bridgehead atoms.